The largest absolute Gasteiger partial charge is 0.494 e. The van der Waals surface area contributed by atoms with Crippen LogP contribution >= 0.6 is 22.6 Å². The van der Waals surface area contributed by atoms with Gasteiger partial charge in [-0.2, -0.15) is 0 Å². The Hall–Kier alpha value is -2.09. The first-order valence-corrected chi connectivity index (χ1v) is 8.69. The molecule has 0 spiro atoms. The van der Waals surface area contributed by atoms with Crippen LogP contribution in [0.3, 0.4) is 0 Å². The fraction of sp³-hybridized carbons (Fsp3) is 0.222. The van der Waals surface area contributed by atoms with E-state index in [0.29, 0.717) is 18.7 Å². The normalized spacial score (nSPS) is 10.1. The maximum Gasteiger partial charge on any atom is 0.252 e. The van der Waals surface area contributed by atoms with Gasteiger partial charge in [-0.25, -0.2) is 0 Å². The predicted octanol–water partition coefficient (Wildman–Crippen LogP) is 2.74. The van der Waals surface area contributed by atoms with E-state index in [4.69, 9.17) is 4.74 Å². The molecule has 0 aliphatic carbocycles. The summed E-state index contributed by atoms with van der Waals surface area (Å²) in [6, 6.07) is 14.8. The Morgan fingerprint density at radius 1 is 1.08 bits per heavy atom. The number of rotatable bonds is 7. The van der Waals surface area contributed by atoms with Crippen molar-refractivity contribution >= 4 is 34.4 Å². The minimum Gasteiger partial charge on any atom is -0.494 e. The predicted molar refractivity (Wildman–Crippen MR) is 101 cm³/mol. The van der Waals surface area contributed by atoms with E-state index in [1.165, 1.54) is 0 Å². The molecule has 0 saturated heterocycles. The van der Waals surface area contributed by atoms with Gasteiger partial charge in [-0.3, -0.25) is 9.59 Å². The van der Waals surface area contributed by atoms with Crippen molar-refractivity contribution in [1.82, 2.24) is 10.6 Å². The van der Waals surface area contributed by atoms with Crippen LogP contribution in [0.15, 0.2) is 48.5 Å². The van der Waals surface area contributed by atoms with Crippen molar-refractivity contribution in [2.45, 2.75) is 13.5 Å². The Kier molecular flexibility index (Phi) is 7.05. The molecule has 0 unspecified atom stereocenters. The van der Waals surface area contributed by atoms with Gasteiger partial charge < -0.3 is 15.4 Å². The third-order valence-corrected chi connectivity index (χ3v) is 4.17. The minimum atomic E-state index is -0.256. The second-order valence-corrected chi connectivity index (χ2v) is 6.18. The van der Waals surface area contributed by atoms with Gasteiger partial charge in [0.05, 0.1) is 18.7 Å². The number of carbonyl (C=O) groups excluding carboxylic acids is 2. The highest BCUT2D eigenvalue weighted by molar-refractivity contribution is 14.1. The Balaban J connectivity index is 1.80. The Labute approximate surface area is 154 Å². The minimum absolute atomic E-state index is 0.0606. The third-order valence-electron chi connectivity index (χ3n) is 3.23. The molecule has 0 fully saturated rings. The maximum atomic E-state index is 12.0. The zero-order valence-corrected chi connectivity index (χ0v) is 15.5. The summed E-state index contributed by atoms with van der Waals surface area (Å²) in [5.74, 6) is 0.279. The zero-order chi connectivity index (χ0) is 17.4. The second-order valence-electron chi connectivity index (χ2n) is 5.02. The van der Waals surface area contributed by atoms with Crippen molar-refractivity contribution in [2.24, 2.45) is 0 Å². The fourth-order valence-electron chi connectivity index (χ4n) is 2.08. The quantitative estimate of drug-likeness (QED) is 0.654. The number of hydrogen-bond donors (Lipinski definition) is 2. The van der Waals surface area contributed by atoms with Gasteiger partial charge in [0.2, 0.25) is 5.91 Å². The summed E-state index contributed by atoms with van der Waals surface area (Å²) in [7, 11) is 0. The van der Waals surface area contributed by atoms with E-state index in [9.17, 15) is 9.59 Å². The van der Waals surface area contributed by atoms with Crippen LogP contribution in [0.5, 0.6) is 5.75 Å². The Morgan fingerprint density at radius 2 is 1.88 bits per heavy atom. The first-order chi connectivity index (χ1) is 11.6. The van der Waals surface area contributed by atoms with Crippen molar-refractivity contribution in [3.05, 3.63) is 63.2 Å². The van der Waals surface area contributed by atoms with Crippen molar-refractivity contribution in [1.29, 1.82) is 0 Å². The molecule has 2 N–H and O–H groups in total. The zero-order valence-electron chi connectivity index (χ0n) is 13.3. The number of halogens is 1. The SMILES string of the molecule is CCOc1cccc(CNC(=O)CNC(=O)c2ccccc2I)c1. The summed E-state index contributed by atoms with van der Waals surface area (Å²) in [5.41, 5.74) is 1.51. The number of ether oxygens (including phenoxy) is 1. The topological polar surface area (TPSA) is 67.4 Å². The van der Waals surface area contributed by atoms with Crippen LogP contribution in [0.1, 0.15) is 22.8 Å². The van der Waals surface area contributed by atoms with Crippen LogP contribution in [0.2, 0.25) is 0 Å². The number of nitrogens with one attached hydrogen (secondary N) is 2. The Morgan fingerprint density at radius 3 is 2.62 bits per heavy atom. The number of carbonyl (C=O) groups is 2. The standard InChI is InChI=1S/C18H19IN2O3/c1-2-24-14-7-5-6-13(10-14)11-20-17(22)12-21-18(23)15-8-3-4-9-16(15)19/h3-10H,2,11-12H2,1H3,(H,20,22)(H,21,23). The molecule has 2 amide bonds. The smallest absolute Gasteiger partial charge is 0.252 e. The summed E-state index contributed by atoms with van der Waals surface area (Å²) < 4.78 is 6.27. The summed E-state index contributed by atoms with van der Waals surface area (Å²) >= 11 is 2.09. The van der Waals surface area contributed by atoms with Gasteiger partial charge in [-0.05, 0) is 59.3 Å². The summed E-state index contributed by atoms with van der Waals surface area (Å²) in [4.78, 5) is 23.9. The highest BCUT2D eigenvalue weighted by Crippen LogP contribution is 2.13. The molecule has 6 heteroatoms. The van der Waals surface area contributed by atoms with Crippen LogP contribution in [-0.2, 0) is 11.3 Å². The van der Waals surface area contributed by atoms with Crippen molar-refractivity contribution in [3.63, 3.8) is 0 Å². The molecule has 0 aromatic heterocycles. The third kappa shape index (κ3) is 5.52. The molecule has 0 aliphatic rings. The van der Waals surface area contributed by atoms with Crippen molar-refractivity contribution in [3.8, 4) is 5.75 Å². The van der Waals surface area contributed by atoms with E-state index in [-0.39, 0.29) is 18.4 Å². The average molecular weight is 438 g/mol. The highest BCUT2D eigenvalue weighted by atomic mass is 127. The van der Waals surface area contributed by atoms with E-state index < -0.39 is 0 Å². The number of benzene rings is 2. The first kappa shape index (κ1) is 18.3. The molecule has 0 bridgehead atoms. The Bertz CT molecular complexity index is 719. The van der Waals surface area contributed by atoms with E-state index >= 15 is 0 Å². The van der Waals surface area contributed by atoms with Crippen LogP contribution in [0, 0.1) is 3.57 Å². The molecule has 0 aliphatic heterocycles. The van der Waals surface area contributed by atoms with Gasteiger partial charge in [-0.1, -0.05) is 24.3 Å². The lowest BCUT2D eigenvalue weighted by Crippen LogP contribution is -2.36. The lowest BCUT2D eigenvalue weighted by atomic mass is 10.2. The van der Waals surface area contributed by atoms with Crippen LogP contribution in [-0.4, -0.2) is 25.0 Å². The molecule has 0 heterocycles. The lowest BCUT2D eigenvalue weighted by molar-refractivity contribution is -0.120. The molecule has 2 aromatic rings. The number of amides is 2. The van der Waals surface area contributed by atoms with Gasteiger partial charge in [0, 0.05) is 10.1 Å². The molecule has 5 nitrogen and oxygen atoms in total. The molecule has 126 valence electrons. The number of hydrogen-bond acceptors (Lipinski definition) is 3. The van der Waals surface area contributed by atoms with Gasteiger partial charge in [0.25, 0.3) is 5.91 Å². The van der Waals surface area contributed by atoms with E-state index in [2.05, 4.69) is 33.2 Å². The summed E-state index contributed by atoms with van der Waals surface area (Å²) in [6.07, 6.45) is 0. The molecular formula is C18H19IN2O3. The average Bonchev–Trinajstić information content (AvgIpc) is 2.59. The maximum absolute atomic E-state index is 12.0. The molecule has 0 saturated carbocycles. The van der Waals surface area contributed by atoms with E-state index in [1.807, 2.05) is 43.3 Å². The first-order valence-electron chi connectivity index (χ1n) is 7.61. The van der Waals surface area contributed by atoms with Crippen LogP contribution in [0.4, 0.5) is 0 Å². The highest BCUT2D eigenvalue weighted by Gasteiger charge is 2.10. The molecule has 2 aromatic carbocycles. The molecule has 0 atom stereocenters. The summed E-state index contributed by atoms with van der Waals surface area (Å²) in [5, 5.41) is 5.41. The van der Waals surface area contributed by atoms with Crippen LogP contribution in [0.25, 0.3) is 0 Å². The molecule has 24 heavy (non-hydrogen) atoms. The van der Waals surface area contributed by atoms with Crippen molar-refractivity contribution < 1.29 is 14.3 Å². The van der Waals surface area contributed by atoms with E-state index in [0.717, 1.165) is 14.9 Å². The monoisotopic (exact) mass is 438 g/mol. The van der Waals surface area contributed by atoms with Crippen LogP contribution < -0.4 is 15.4 Å². The van der Waals surface area contributed by atoms with Gasteiger partial charge in [0.15, 0.2) is 0 Å². The molecule has 0 radical (unpaired) electrons. The second kappa shape index (κ2) is 9.27. The fourth-order valence-corrected chi connectivity index (χ4v) is 2.71. The van der Waals surface area contributed by atoms with Gasteiger partial charge in [0.1, 0.15) is 5.75 Å². The summed E-state index contributed by atoms with van der Waals surface area (Å²) in [6.45, 7) is 2.85. The van der Waals surface area contributed by atoms with E-state index in [1.54, 1.807) is 12.1 Å². The van der Waals surface area contributed by atoms with Crippen molar-refractivity contribution in [2.75, 3.05) is 13.2 Å². The molecule has 2 rings (SSSR count). The van der Waals surface area contributed by atoms with Gasteiger partial charge >= 0.3 is 0 Å². The lowest BCUT2D eigenvalue weighted by Gasteiger charge is -2.09. The van der Waals surface area contributed by atoms with Gasteiger partial charge in [-0.15, -0.1) is 0 Å². The molecular weight excluding hydrogens is 419 g/mol.